The molecule has 0 atom stereocenters. The number of benzene rings is 1. The molecule has 3 rings (SSSR count). The number of hydrogen-bond acceptors (Lipinski definition) is 5. The van der Waals surface area contributed by atoms with Crippen LogP contribution in [0.1, 0.15) is 39.2 Å². The van der Waals surface area contributed by atoms with Crippen LogP contribution in [0.25, 0.3) is 6.08 Å². The van der Waals surface area contributed by atoms with Gasteiger partial charge >= 0.3 is 5.97 Å². The summed E-state index contributed by atoms with van der Waals surface area (Å²) in [5.74, 6) is -0.729. The van der Waals surface area contributed by atoms with E-state index in [0.29, 0.717) is 10.6 Å². The van der Waals surface area contributed by atoms with E-state index < -0.39 is 0 Å². The number of thiocarbonyl (C=S) groups is 1. The van der Waals surface area contributed by atoms with Gasteiger partial charge in [-0.25, -0.2) is 4.79 Å². The van der Waals surface area contributed by atoms with E-state index in [-0.39, 0.29) is 17.0 Å². The van der Waals surface area contributed by atoms with Gasteiger partial charge in [-0.15, -0.1) is 11.3 Å². The monoisotopic (exact) mass is 478 g/mol. The van der Waals surface area contributed by atoms with E-state index in [1.54, 1.807) is 6.08 Å². The van der Waals surface area contributed by atoms with Crippen molar-refractivity contribution in [2.45, 2.75) is 25.7 Å². The Labute approximate surface area is 181 Å². The Morgan fingerprint density at radius 1 is 1.21 bits per heavy atom. The summed E-state index contributed by atoms with van der Waals surface area (Å²) >= 11 is 10.1. The van der Waals surface area contributed by atoms with Crippen molar-refractivity contribution in [1.82, 2.24) is 5.32 Å². The molecule has 2 aromatic rings. The predicted octanol–water partition coefficient (Wildman–Crippen LogP) is 4.70. The number of carbonyl (C=O) groups is 2. The van der Waals surface area contributed by atoms with Crippen LogP contribution >= 0.6 is 39.5 Å². The third-order valence-electron chi connectivity index (χ3n) is 4.32. The third-order valence-corrected chi connectivity index (χ3v) is 6.26. The van der Waals surface area contributed by atoms with Gasteiger partial charge in [0.1, 0.15) is 5.00 Å². The number of anilines is 1. The smallest absolute Gasteiger partial charge is 0.341 e. The molecule has 0 fully saturated rings. The maximum Gasteiger partial charge on any atom is 0.341 e. The Kier molecular flexibility index (Phi) is 6.98. The second-order valence-corrected chi connectivity index (χ2v) is 8.66. The molecule has 1 heterocycles. The van der Waals surface area contributed by atoms with Crippen LogP contribution in [0.3, 0.4) is 0 Å². The maximum atomic E-state index is 12.3. The van der Waals surface area contributed by atoms with Gasteiger partial charge in [0.2, 0.25) is 5.91 Å². The Morgan fingerprint density at radius 3 is 2.64 bits per heavy atom. The van der Waals surface area contributed by atoms with Crippen molar-refractivity contribution in [3.63, 3.8) is 0 Å². The van der Waals surface area contributed by atoms with E-state index in [4.69, 9.17) is 17.0 Å². The summed E-state index contributed by atoms with van der Waals surface area (Å²) in [4.78, 5) is 25.6. The van der Waals surface area contributed by atoms with E-state index >= 15 is 0 Å². The second kappa shape index (κ2) is 9.45. The first-order valence-corrected chi connectivity index (χ1v) is 10.8. The van der Waals surface area contributed by atoms with E-state index in [9.17, 15) is 9.59 Å². The number of carbonyl (C=O) groups excluding carboxylic acids is 2. The molecule has 28 heavy (non-hydrogen) atoms. The molecule has 1 aliphatic rings. The molecule has 0 saturated heterocycles. The zero-order valence-electron chi connectivity index (χ0n) is 15.2. The summed E-state index contributed by atoms with van der Waals surface area (Å²) in [7, 11) is 1.37. The minimum atomic E-state index is -0.383. The highest BCUT2D eigenvalue weighted by molar-refractivity contribution is 9.10. The number of methoxy groups -OCH3 is 1. The standard InChI is InChI=1S/C20H19BrN2O3S2/c1-26-19(25)17-14-4-2-3-5-15(14)28-18(17)23-20(27)22-16(24)11-8-12-6-9-13(21)10-7-12/h6-11H,2-5H2,1H3,(H2,22,23,24,27). The zero-order chi connectivity index (χ0) is 20.1. The van der Waals surface area contributed by atoms with Crippen molar-refractivity contribution >= 4 is 67.6 Å². The Hall–Kier alpha value is -2.03. The molecule has 0 radical (unpaired) electrons. The lowest BCUT2D eigenvalue weighted by molar-refractivity contribution is -0.115. The van der Waals surface area contributed by atoms with Crippen LogP contribution in [0.4, 0.5) is 5.00 Å². The van der Waals surface area contributed by atoms with Crippen molar-refractivity contribution in [3.05, 3.63) is 56.4 Å². The summed E-state index contributed by atoms with van der Waals surface area (Å²) in [5, 5.41) is 6.38. The van der Waals surface area contributed by atoms with E-state index in [1.807, 2.05) is 24.3 Å². The van der Waals surface area contributed by atoms with Crippen molar-refractivity contribution < 1.29 is 14.3 Å². The quantitative estimate of drug-likeness (QED) is 0.378. The number of thiophene rings is 1. The van der Waals surface area contributed by atoms with Gasteiger partial charge in [-0.2, -0.15) is 0 Å². The van der Waals surface area contributed by atoms with Crippen molar-refractivity contribution in [2.75, 3.05) is 12.4 Å². The number of esters is 1. The van der Waals surface area contributed by atoms with Gasteiger partial charge < -0.3 is 10.1 Å². The lowest BCUT2D eigenvalue weighted by Gasteiger charge is -2.12. The molecule has 1 aliphatic carbocycles. The van der Waals surface area contributed by atoms with Gasteiger partial charge in [0.15, 0.2) is 5.11 Å². The molecule has 8 heteroatoms. The molecule has 0 unspecified atom stereocenters. The highest BCUT2D eigenvalue weighted by Gasteiger charge is 2.26. The molecule has 1 amide bonds. The minimum Gasteiger partial charge on any atom is -0.465 e. The highest BCUT2D eigenvalue weighted by atomic mass is 79.9. The normalized spacial score (nSPS) is 13.1. The van der Waals surface area contributed by atoms with Crippen LogP contribution in [0.5, 0.6) is 0 Å². The van der Waals surface area contributed by atoms with Crippen LogP contribution in [-0.2, 0) is 22.4 Å². The van der Waals surface area contributed by atoms with E-state index in [1.165, 1.54) is 29.4 Å². The lowest BCUT2D eigenvalue weighted by atomic mass is 9.95. The highest BCUT2D eigenvalue weighted by Crippen LogP contribution is 2.38. The first kappa shape index (κ1) is 20.7. The summed E-state index contributed by atoms with van der Waals surface area (Å²) in [6.45, 7) is 0. The molecule has 146 valence electrons. The third kappa shape index (κ3) is 5.06. The molecular weight excluding hydrogens is 460 g/mol. The summed E-state index contributed by atoms with van der Waals surface area (Å²) in [5.41, 5.74) is 2.47. The minimum absolute atomic E-state index is 0.147. The van der Waals surface area contributed by atoms with Gasteiger partial charge in [0, 0.05) is 15.4 Å². The van der Waals surface area contributed by atoms with Crippen molar-refractivity contribution in [3.8, 4) is 0 Å². The molecular formula is C20H19BrN2O3S2. The van der Waals surface area contributed by atoms with Gasteiger partial charge in [-0.3, -0.25) is 10.1 Å². The van der Waals surface area contributed by atoms with Gasteiger partial charge in [-0.05, 0) is 67.2 Å². The lowest BCUT2D eigenvalue weighted by Crippen LogP contribution is -2.33. The molecule has 0 bridgehead atoms. The maximum absolute atomic E-state index is 12.3. The molecule has 1 aromatic carbocycles. The van der Waals surface area contributed by atoms with Gasteiger partial charge in [0.05, 0.1) is 12.7 Å². The van der Waals surface area contributed by atoms with Gasteiger partial charge in [-0.1, -0.05) is 28.1 Å². The summed E-state index contributed by atoms with van der Waals surface area (Å²) in [6.07, 6.45) is 7.07. The first-order valence-electron chi connectivity index (χ1n) is 8.76. The molecule has 0 aliphatic heterocycles. The topological polar surface area (TPSA) is 67.4 Å². The number of halogens is 1. The number of amides is 1. The van der Waals surface area contributed by atoms with E-state index in [0.717, 1.165) is 41.3 Å². The molecule has 1 aromatic heterocycles. The predicted molar refractivity (Wildman–Crippen MR) is 120 cm³/mol. The zero-order valence-corrected chi connectivity index (χ0v) is 18.4. The van der Waals surface area contributed by atoms with Crippen LogP contribution in [0.15, 0.2) is 34.8 Å². The fourth-order valence-corrected chi connectivity index (χ4v) is 4.82. The average molecular weight is 479 g/mol. The Bertz CT molecular complexity index is 936. The number of rotatable bonds is 4. The number of ether oxygens (including phenoxy) is 1. The largest absolute Gasteiger partial charge is 0.465 e. The second-order valence-electron chi connectivity index (χ2n) is 6.23. The van der Waals surface area contributed by atoms with Crippen LogP contribution in [0, 0.1) is 0 Å². The number of hydrogen-bond donors (Lipinski definition) is 2. The van der Waals surface area contributed by atoms with Crippen molar-refractivity contribution in [1.29, 1.82) is 0 Å². The number of fused-ring (bicyclic) bond motifs is 1. The number of nitrogens with one attached hydrogen (secondary N) is 2. The van der Waals surface area contributed by atoms with E-state index in [2.05, 4.69) is 26.6 Å². The Balaban J connectivity index is 1.67. The van der Waals surface area contributed by atoms with Crippen LogP contribution < -0.4 is 10.6 Å². The number of aryl methyl sites for hydroxylation is 1. The SMILES string of the molecule is COC(=O)c1c(NC(=S)NC(=O)C=Cc2ccc(Br)cc2)sc2c1CCCC2. The average Bonchev–Trinajstić information content (AvgIpc) is 3.04. The van der Waals surface area contributed by atoms with Gasteiger partial charge in [0.25, 0.3) is 0 Å². The molecule has 5 nitrogen and oxygen atoms in total. The molecule has 2 N–H and O–H groups in total. The van der Waals surface area contributed by atoms with Crippen LogP contribution in [-0.4, -0.2) is 24.1 Å². The summed E-state index contributed by atoms with van der Waals surface area (Å²) < 4.78 is 5.91. The van der Waals surface area contributed by atoms with Crippen LogP contribution in [0.2, 0.25) is 0 Å². The fourth-order valence-electron chi connectivity index (χ4n) is 3.01. The molecule has 0 spiro atoms. The molecule has 0 saturated carbocycles. The summed E-state index contributed by atoms with van der Waals surface area (Å²) in [6, 6.07) is 7.58. The first-order chi connectivity index (χ1) is 13.5. The Morgan fingerprint density at radius 2 is 1.93 bits per heavy atom. The fraction of sp³-hybridized carbons (Fsp3) is 0.250. The van der Waals surface area contributed by atoms with Crippen molar-refractivity contribution in [2.24, 2.45) is 0 Å².